The standard InChI is InChI=1S/C28H29N5O2.C26H34N6O2.C26H35N5O3.C24H32N6O4/c1-4-5-15-33(3)27-17-26(24-11-7-13-25-23(24)12-8-14-30-25)31-28(32-27)20-9-6-10-22(16-20)35-19-21(34)18-29-2;1-6-7-11-31(5)25-13-24(21-14-28-32(17-21)16-19(2)3)29-26(30-25)20-9-8-10-23(12-20)34-18-22(33)15-27-4;1-27-17-21(32)18-34-22-10-4-9-20(15-22)26-29-23(19-7-2-3-8-19)16-24(30-26)28-12-6-14-31-13-5-11-25(31)33;1-25-15-20(31)16-34-21-6-4-5-18(11-21)24-28-22(19-13-26-17-27-14-19)12-23(29-24)30(7-9-32-2)8-10-33-3/h1,6-14,16-17,21,29,34H,5,15,18-19H2,2-3H3;1,8-10,12-14,17,19,22,27,33H,7,11,15-16,18H2,2-5H3;4,7,9-10,15-16,21,27,32H,2-3,5-6,8,11-14,17-18H2,1H3,(H,28,29,30);4-6,11-14,17,20,25,31H,7-10,15-16H2,1-3H3. The summed E-state index contributed by atoms with van der Waals surface area (Å²) in [6.07, 6.45) is 28.4. The molecule has 33 heteroatoms. The van der Waals surface area contributed by atoms with Gasteiger partial charge in [0.15, 0.2) is 23.3 Å². The molecule has 9 N–H and O–H groups in total. The number of pyridine rings is 1. The highest BCUT2D eigenvalue weighted by atomic mass is 16.5. The average molecular weight is 1860 g/mol. The predicted octanol–water partition coefficient (Wildman–Crippen LogP) is 11.6. The van der Waals surface area contributed by atoms with Gasteiger partial charge in [0.25, 0.3) is 0 Å². The van der Waals surface area contributed by atoms with Crippen molar-refractivity contribution in [2.45, 2.75) is 96.2 Å². The van der Waals surface area contributed by atoms with E-state index < -0.39 is 24.4 Å². The molecule has 4 atom stereocenters. The number of hydrogen-bond donors (Lipinski definition) is 9. The smallest absolute Gasteiger partial charge is 0.222 e. The lowest BCUT2D eigenvalue weighted by Gasteiger charge is -2.24. The number of rotatable bonds is 48. The van der Waals surface area contributed by atoms with E-state index >= 15 is 0 Å². The molecule has 1 saturated heterocycles. The number of aromatic nitrogens is 13. The number of terminal acetylenes is 2. The van der Waals surface area contributed by atoms with Crippen molar-refractivity contribution in [2.75, 3.05) is 188 Å². The minimum absolute atomic E-state index is 0.180. The zero-order valence-corrected chi connectivity index (χ0v) is 80.2. The minimum atomic E-state index is -0.604. The van der Waals surface area contributed by atoms with E-state index in [4.69, 9.17) is 81.1 Å². The van der Waals surface area contributed by atoms with Crippen LogP contribution < -0.4 is 60.2 Å². The topological polar surface area (TPSA) is 386 Å². The van der Waals surface area contributed by atoms with Crippen molar-refractivity contribution in [1.29, 1.82) is 0 Å². The van der Waals surface area contributed by atoms with Crippen LogP contribution in [0.15, 0.2) is 195 Å². The Kier molecular flexibility index (Phi) is 42.1. The summed E-state index contributed by atoms with van der Waals surface area (Å²) in [4.78, 5) is 71.4. The van der Waals surface area contributed by atoms with Crippen molar-refractivity contribution in [3.63, 3.8) is 0 Å². The van der Waals surface area contributed by atoms with Gasteiger partial charge in [0, 0.05) is 219 Å². The number of likely N-dealkylation sites (N-methyl/N-ethyl adjacent to an activating group) is 4. The fourth-order valence-corrected chi connectivity index (χ4v) is 14.9. The van der Waals surface area contributed by atoms with Crippen molar-refractivity contribution in [1.82, 2.24) is 90.8 Å². The Labute approximate surface area is 803 Å². The number of carbonyl (C=O) groups excluding carboxylic acids is 1. The Balaban J connectivity index is 0.000000175. The van der Waals surface area contributed by atoms with Crippen LogP contribution in [0.3, 0.4) is 0 Å². The number of allylic oxidation sites excluding steroid dienone is 2. The molecular weight excluding hydrogens is 1730 g/mol. The van der Waals surface area contributed by atoms with E-state index in [0.717, 1.165) is 148 Å². The van der Waals surface area contributed by atoms with Gasteiger partial charge in [-0.25, -0.2) is 49.8 Å². The Morgan fingerprint density at radius 1 is 0.504 bits per heavy atom. The molecule has 7 aromatic heterocycles. The monoisotopic (exact) mass is 1860 g/mol. The van der Waals surface area contributed by atoms with E-state index in [-0.39, 0.29) is 32.3 Å². The van der Waals surface area contributed by atoms with E-state index in [9.17, 15) is 25.2 Å². The third-order valence-electron chi connectivity index (χ3n) is 21.9. The molecule has 8 heterocycles. The van der Waals surface area contributed by atoms with Crippen LogP contribution in [0.25, 0.3) is 95.8 Å². The normalized spacial score (nSPS) is 13.0. The van der Waals surface area contributed by atoms with E-state index in [1.807, 2.05) is 198 Å². The number of hydrogen-bond acceptors (Lipinski definition) is 31. The molecule has 0 radical (unpaired) electrons. The Bertz CT molecular complexity index is 5850. The number of anilines is 4. The van der Waals surface area contributed by atoms with Crippen molar-refractivity contribution < 1.29 is 53.6 Å². The van der Waals surface area contributed by atoms with Gasteiger partial charge in [-0.2, -0.15) is 5.10 Å². The van der Waals surface area contributed by atoms with E-state index in [0.29, 0.717) is 143 Å². The molecule has 33 nitrogen and oxygen atoms in total. The van der Waals surface area contributed by atoms with Gasteiger partial charge >= 0.3 is 0 Å². The summed E-state index contributed by atoms with van der Waals surface area (Å²) in [6.45, 7) is 13.9. The molecule has 14 rings (SSSR count). The molecule has 0 bridgehead atoms. The van der Waals surface area contributed by atoms with Gasteiger partial charge in [-0.15, -0.1) is 24.7 Å². The molecule has 4 unspecified atom stereocenters. The van der Waals surface area contributed by atoms with Gasteiger partial charge in [0.05, 0.1) is 47.7 Å². The van der Waals surface area contributed by atoms with Crippen molar-refractivity contribution in [2.24, 2.45) is 5.92 Å². The van der Waals surface area contributed by atoms with Gasteiger partial charge in [0.2, 0.25) is 5.91 Å². The molecule has 2 aliphatic rings. The van der Waals surface area contributed by atoms with E-state index in [2.05, 4.69) is 83.3 Å². The van der Waals surface area contributed by atoms with Crippen LogP contribution in [0.2, 0.25) is 0 Å². The molecule has 1 aliphatic carbocycles. The van der Waals surface area contributed by atoms with Crippen molar-refractivity contribution in [3.8, 4) is 127 Å². The third kappa shape index (κ3) is 32.9. The number of fused-ring (bicyclic) bond motifs is 1. The summed E-state index contributed by atoms with van der Waals surface area (Å²) >= 11 is 0. The molecule has 0 saturated carbocycles. The van der Waals surface area contributed by atoms with Crippen LogP contribution in [0.1, 0.15) is 70.9 Å². The second kappa shape index (κ2) is 55.5. The number of aliphatic hydroxyl groups is 4. The highest BCUT2D eigenvalue weighted by Crippen LogP contribution is 2.36. The highest BCUT2D eigenvalue weighted by Gasteiger charge is 2.24. The molecule has 1 amide bonds. The maximum atomic E-state index is 11.8. The summed E-state index contributed by atoms with van der Waals surface area (Å²) < 4.78 is 35.7. The number of methoxy groups -OCH3 is 2. The first-order chi connectivity index (χ1) is 66.7. The van der Waals surface area contributed by atoms with Crippen LogP contribution in [0, 0.1) is 30.6 Å². The molecule has 12 aromatic rings. The van der Waals surface area contributed by atoms with Crippen LogP contribution >= 0.6 is 0 Å². The Morgan fingerprint density at radius 2 is 0.978 bits per heavy atom. The Hall–Kier alpha value is -13.6. The van der Waals surface area contributed by atoms with Crippen LogP contribution in [0.5, 0.6) is 23.0 Å². The number of nitrogens with one attached hydrogen (secondary N) is 5. The lowest BCUT2D eigenvalue weighted by molar-refractivity contribution is -0.127. The van der Waals surface area contributed by atoms with Gasteiger partial charge in [-0.3, -0.25) is 14.5 Å². The number of carbonyl (C=O) groups is 1. The van der Waals surface area contributed by atoms with Crippen LogP contribution in [0.4, 0.5) is 23.3 Å². The van der Waals surface area contributed by atoms with Gasteiger partial charge in [0.1, 0.15) is 103 Å². The molecular formula is C104H130N22O11. The second-order valence-electron chi connectivity index (χ2n) is 33.4. The van der Waals surface area contributed by atoms with Gasteiger partial charge in [-0.05, 0) is 132 Å². The maximum Gasteiger partial charge on any atom is 0.222 e. The Morgan fingerprint density at radius 3 is 1.45 bits per heavy atom. The molecule has 137 heavy (non-hydrogen) atoms. The van der Waals surface area contributed by atoms with Crippen molar-refractivity contribution >= 4 is 45.7 Å². The fraction of sp³-hybridized carbons (Fsp3) is 0.394. The predicted molar refractivity (Wildman–Crippen MR) is 540 cm³/mol. The fourth-order valence-electron chi connectivity index (χ4n) is 14.9. The molecule has 1 fully saturated rings. The maximum absolute atomic E-state index is 11.8. The highest BCUT2D eigenvalue weighted by molar-refractivity contribution is 5.94. The number of nitrogens with zero attached hydrogens (tertiary/aromatic N) is 17. The van der Waals surface area contributed by atoms with E-state index in [1.165, 1.54) is 11.9 Å². The number of benzene rings is 5. The molecule has 0 spiro atoms. The summed E-state index contributed by atoms with van der Waals surface area (Å²) in [5.41, 5.74) is 11.4. The average Bonchev–Trinajstić information content (AvgIpc) is 1.65. The minimum Gasteiger partial charge on any atom is -0.491 e. The molecule has 5 aromatic carbocycles. The van der Waals surface area contributed by atoms with Crippen molar-refractivity contribution in [3.05, 3.63) is 201 Å². The zero-order chi connectivity index (χ0) is 97.1. The molecule has 1 aliphatic heterocycles. The first-order valence-corrected chi connectivity index (χ1v) is 46.4. The van der Waals surface area contributed by atoms with E-state index in [1.54, 1.807) is 61.0 Å². The zero-order valence-electron chi connectivity index (χ0n) is 80.2. The number of amides is 1. The largest absolute Gasteiger partial charge is 0.491 e. The second-order valence-corrected chi connectivity index (χ2v) is 33.4. The SMILES string of the molecule is C#CCCN(C)c1cc(-c2cccc3ncccc23)nc(-c2cccc(OCC(O)CNC)c2)n1.C#CCCN(C)c1cc(-c2cnn(CC(C)C)c2)nc(-c2cccc(OCC(O)CNC)c2)n1.CNCC(O)COc1cccc(-c2nc(-c3cncnc3)cc(N(CCOC)CCOC)n2)c1.CNCC(O)COc1cccc(-c2nc(NCCCN3CCCC3=O)cc(C3=CCCC3)n2)c1. The lowest BCUT2D eigenvalue weighted by Crippen LogP contribution is -2.31. The quantitative estimate of drug-likeness (QED) is 0.0126. The van der Waals surface area contributed by atoms with Crippen LogP contribution in [-0.4, -0.2) is 288 Å². The first kappa shape index (κ1) is 104. The number of aliphatic hydroxyl groups excluding tert-OH is 4. The number of likely N-dealkylation sites (tertiary alicyclic amines) is 1. The number of ether oxygens (including phenoxy) is 6. The molecule has 722 valence electrons. The van der Waals surface area contributed by atoms with Crippen LogP contribution in [-0.2, 0) is 20.8 Å². The third-order valence-corrected chi connectivity index (χ3v) is 21.9. The summed E-state index contributed by atoms with van der Waals surface area (Å²) in [5, 5.41) is 60.5. The summed E-state index contributed by atoms with van der Waals surface area (Å²) in [7, 11) is 14.4. The lowest BCUT2D eigenvalue weighted by atomic mass is 10.0. The summed E-state index contributed by atoms with van der Waals surface area (Å²) in [6, 6.07) is 48.3. The summed E-state index contributed by atoms with van der Waals surface area (Å²) in [5.74, 6) is 14.1. The first-order valence-electron chi connectivity index (χ1n) is 46.4. The van der Waals surface area contributed by atoms with Gasteiger partial charge < -0.3 is 95.0 Å². The van der Waals surface area contributed by atoms with Gasteiger partial charge in [-0.1, -0.05) is 86.7 Å².